The Bertz CT molecular complexity index is 658. The molecule has 0 bridgehead atoms. The minimum absolute atomic E-state index is 0.732. The number of nitrogens with zero attached hydrogens (tertiary/aromatic N) is 2. The van der Waals surface area contributed by atoms with Gasteiger partial charge in [-0.05, 0) is 30.5 Å². The molecule has 2 N–H and O–H groups in total. The van der Waals surface area contributed by atoms with Crippen LogP contribution in [0.5, 0.6) is 0 Å². The zero-order valence-corrected chi connectivity index (χ0v) is 11.4. The number of aromatic nitrogens is 3. The standard InChI is InChI=1S/C14H14N4S/c1-10-12(4-2-6-15-10)16-8-11-9-17-18-14(11)13-5-3-7-19-13/h2-7,9,16H,8H2,1H3,(H,17,18). The van der Waals surface area contributed by atoms with Crippen molar-refractivity contribution in [2.75, 3.05) is 5.32 Å². The van der Waals surface area contributed by atoms with E-state index in [9.17, 15) is 0 Å². The van der Waals surface area contributed by atoms with Gasteiger partial charge in [-0.1, -0.05) is 6.07 Å². The third kappa shape index (κ3) is 2.51. The second kappa shape index (κ2) is 5.24. The summed E-state index contributed by atoms with van der Waals surface area (Å²) in [7, 11) is 0. The second-order valence-electron chi connectivity index (χ2n) is 4.24. The van der Waals surface area contributed by atoms with Gasteiger partial charge in [0.2, 0.25) is 0 Å². The zero-order valence-electron chi connectivity index (χ0n) is 10.6. The van der Waals surface area contributed by atoms with Crippen molar-refractivity contribution in [2.45, 2.75) is 13.5 Å². The molecule has 0 aliphatic carbocycles. The summed E-state index contributed by atoms with van der Waals surface area (Å²) in [5, 5.41) is 12.7. The van der Waals surface area contributed by atoms with Crippen LogP contribution >= 0.6 is 11.3 Å². The predicted molar refractivity (Wildman–Crippen MR) is 78.2 cm³/mol. The summed E-state index contributed by atoms with van der Waals surface area (Å²) in [6, 6.07) is 8.11. The van der Waals surface area contributed by atoms with E-state index in [1.165, 1.54) is 4.88 Å². The Morgan fingerprint density at radius 3 is 3.05 bits per heavy atom. The highest BCUT2D eigenvalue weighted by Gasteiger charge is 2.08. The molecule has 0 unspecified atom stereocenters. The number of hydrogen-bond donors (Lipinski definition) is 2. The van der Waals surface area contributed by atoms with Gasteiger partial charge < -0.3 is 5.32 Å². The largest absolute Gasteiger partial charge is 0.379 e. The minimum atomic E-state index is 0.732. The summed E-state index contributed by atoms with van der Waals surface area (Å²) in [5.41, 5.74) is 4.30. The second-order valence-corrected chi connectivity index (χ2v) is 5.19. The molecule has 0 amide bonds. The molecular formula is C14H14N4S. The van der Waals surface area contributed by atoms with Crippen molar-refractivity contribution >= 4 is 17.0 Å². The first-order valence-corrected chi connectivity index (χ1v) is 6.94. The van der Waals surface area contributed by atoms with E-state index in [0.29, 0.717) is 0 Å². The van der Waals surface area contributed by atoms with Gasteiger partial charge in [-0.2, -0.15) is 5.10 Å². The van der Waals surface area contributed by atoms with Crippen LogP contribution in [0.1, 0.15) is 11.3 Å². The van der Waals surface area contributed by atoms with Crippen LogP contribution in [0.15, 0.2) is 42.0 Å². The minimum Gasteiger partial charge on any atom is -0.379 e. The smallest absolute Gasteiger partial charge is 0.0799 e. The molecule has 0 aliphatic rings. The summed E-state index contributed by atoms with van der Waals surface area (Å²) in [6.07, 6.45) is 3.67. The number of thiophene rings is 1. The van der Waals surface area contributed by atoms with E-state index in [4.69, 9.17) is 0 Å². The van der Waals surface area contributed by atoms with Gasteiger partial charge in [0, 0.05) is 18.3 Å². The zero-order chi connectivity index (χ0) is 13.1. The summed E-state index contributed by atoms with van der Waals surface area (Å²) >= 11 is 1.71. The molecule has 3 aromatic heterocycles. The van der Waals surface area contributed by atoms with Crippen LogP contribution in [-0.2, 0) is 6.54 Å². The lowest BCUT2D eigenvalue weighted by molar-refractivity contribution is 1.10. The maximum atomic E-state index is 4.27. The average Bonchev–Trinajstić information content (AvgIpc) is 3.08. The van der Waals surface area contributed by atoms with Crippen LogP contribution in [0.25, 0.3) is 10.6 Å². The first kappa shape index (κ1) is 11.9. The van der Waals surface area contributed by atoms with Crippen molar-refractivity contribution in [2.24, 2.45) is 0 Å². The van der Waals surface area contributed by atoms with E-state index >= 15 is 0 Å². The molecule has 0 spiro atoms. The monoisotopic (exact) mass is 270 g/mol. The molecule has 96 valence electrons. The van der Waals surface area contributed by atoms with Gasteiger partial charge >= 0.3 is 0 Å². The molecule has 19 heavy (non-hydrogen) atoms. The van der Waals surface area contributed by atoms with E-state index in [1.54, 1.807) is 17.5 Å². The Kier molecular flexibility index (Phi) is 3.29. The topological polar surface area (TPSA) is 53.6 Å². The van der Waals surface area contributed by atoms with Crippen LogP contribution in [0.3, 0.4) is 0 Å². The number of anilines is 1. The van der Waals surface area contributed by atoms with Gasteiger partial charge in [-0.25, -0.2) is 0 Å². The number of aryl methyl sites for hydroxylation is 1. The molecule has 0 saturated carbocycles. The summed E-state index contributed by atoms with van der Waals surface area (Å²) in [4.78, 5) is 5.47. The molecule has 0 radical (unpaired) electrons. The number of pyridine rings is 1. The number of H-pyrrole nitrogens is 1. The highest BCUT2D eigenvalue weighted by atomic mass is 32.1. The Balaban J connectivity index is 1.78. The lowest BCUT2D eigenvalue weighted by atomic mass is 10.2. The van der Waals surface area contributed by atoms with Crippen molar-refractivity contribution in [3.8, 4) is 10.6 Å². The molecule has 3 heterocycles. The van der Waals surface area contributed by atoms with Crippen molar-refractivity contribution in [1.29, 1.82) is 0 Å². The normalized spacial score (nSPS) is 10.6. The van der Waals surface area contributed by atoms with Crippen LogP contribution in [0, 0.1) is 6.92 Å². The molecule has 3 rings (SSSR count). The third-order valence-electron chi connectivity index (χ3n) is 2.96. The Labute approximate surface area is 115 Å². The van der Waals surface area contributed by atoms with E-state index < -0.39 is 0 Å². The summed E-state index contributed by atoms with van der Waals surface area (Å²) < 4.78 is 0. The molecule has 0 aromatic carbocycles. The molecule has 5 heteroatoms. The number of aromatic amines is 1. The average molecular weight is 270 g/mol. The summed E-state index contributed by atoms with van der Waals surface area (Å²) in [5.74, 6) is 0. The molecule has 3 aromatic rings. The first-order chi connectivity index (χ1) is 9.34. The summed E-state index contributed by atoms with van der Waals surface area (Å²) in [6.45, 7) is 2.73. The maximum Gasteiger partial charge on any atom is 0.0799 e. The molecule has 0 fully saturated rings. The highest BCUT2D eigenvalue weighted by Crippen LogP contribution is 2.26. The van der Waals surface area contributed by atoms with Gasteiger partial charge in [0.05, 0.1) is 28.1 Å². The van der Waals surface area contributed by atoms with Gasteiger partial charge in [-0.15, -0.1) is 11.3 Å². The lowest BCUT2D eigenvalue weighted by Crippen LogP contribution is -2.02. The van der Waals surface area contributed by atoms with Crippen molar-refractivity contribution in [3.63, 3.8) is 0 Å². The first-order valence-electron chi connectivity index (χ1n) is 6.06. The van der Waals surface area contributed by atoms with E-state index in [1.807, 2.05) is 31.3 Å². The quantitative estimate of drug-likeness (QED) is 0.763. The van der Waals surface area contributed by atoms with Gasteiger partial charge in [0.1, 0.15) is 0 Å². The fraction of sp³-hybridized carbons (Fsp3) is 0.143. The maximum absolute atomic E-state index is 4.27. The number of nitrogens with one attached hydrogen (secondary N) is 2. The van der Waals surface area contributed by atoms with Crippen LogP contribution < -0.4 is 5.32 Å². The van der Waals surface area contributed by atoms with Crippen LogP contribution in [0.4, 0.5) is 5.69 Å². The fourth-order valence-electron chi connectivity index (χ4n) is 1.94. The molecular weight excluding hydrogens is 256 g/mol. The van der Waals surface area contributed by atoms with Crippen LogP contribution in [0.2, 0.25) is 0 Å². The van der Waals surface area contributed by atoms with Gasteiger partial charge in [-0.3, -0.25) is 10.1 Å². The van der Waals surface area contributed by atoms with E-state index in [2.05, 4.69) is 31.9 Å². The Morgan fingerprint density at radius 1 is 1.32 bits per heavy atom. The van der Waals surface area contributed by atoms with Crippen molar-refractivity contribution in [3.05, 3.63) is 53.3 Å². The predicted octanol–water partition coefficient (Wildman–Crippen LogP) is 3.45. The number of rotatable bonds is 4. The van der Waals surface area contributed by atoms with Crippen molar-refractivity contribution < 1.29 is 0 Å². The van der Waals surface area contributed by atoms with E-state index in [0.717, 1.165) is 29.2 Å². The number of hydrogen-bond acceptors (Lipinski definition) is 4. The molecule has 0 aliphatic heterocycles. The molecule has 0 atom stereocenters. The van der Waals surface area contributed by atoms with Gasteiger partial charge in [0.15, 0.2) is 0 Å². The van der Waals surface area contributed by atoms with Gasteiger partial charge in [0.25, 0.3) is 0 Å². The van der Waals surface area contributed by atoms with Crippen LogP contribution in [-0.4, -0.2) is 15.2 Å². The Morgan fingerprint density at radius 2 is 2.26 bits per heavy atom. The van der Waals surface area contributed by atoms with Crippen molar-refractivity contribution in [1.82, 2.24) is 15.2 Å². The molecule has 0 saturated heterocycles. The molecule has 4 nitrogen and oxygen atoms in total. The Hall–Kier alpha value is -2.14. The highest BCUT2D eigenvalue weighted by molar-refractivity contribution is 7.13. The fourth-order valence-corrected chi connectivity index (χ4v) is 2.70. The van der Waals surface area contributed by atoms with E-state index in [-0.39, 0.29) is 0 Å². The lowest BCUT2D eigenvalue weighted by Gasteiger charge is -2.08. The SMILES string of the molecule is Cc1ncccc1NCc1cn[nH]c1-c1cccs1. The third-order valence-corrected chi connectivity index (χ3v) is 3.85.